The molecular formula is C33H30Cl2N2O5S. The molecule has 3 aromatic carbocycles. The van der Waals surface area contributed by atoms with Gasteiger partial charge in [-0.3, -0.25) is 9.36 Å². The minimum absolute atomic E-state index is 0.0818. The van der Waals surface area contributed by atoms with E-state index in [4.69, 9.17) is 37.4 Å². The zero-order valence-corrected chi connectivity index (χ0v) is 26.3. The van der Waals surface area contributed by atoms with E-state index in [1.807, 2.05) is 36.4 Å². The monoisotopic (exact) mass is 636 g/mol. The zero-order valence-electron chi connectivity index (χ0n) is 23.9. The Morgan fingerprint density at radius 2 is 1.84 bits per heavy atom. The second-order valence-corrected chi connectivity index (χ2v) is 11.8. The summed E-state index contributed by atoms with van der Waals surface area (Å²) in [5.41, 5.74) is 2.65. The first-order valence-corrected chi connectivity index (χ1v) is 15.4. The highest BCUT2D eigenvalue weighted by Crippen LogP contribution is 2.36. The Balaban J connectivity index is 1.62. The molecule has 0 saturated heterocycles. The molecule has 2 heterocycles. The largest absolute Gasteiger partial charge is 0.493 e. The van der Waals surface area contributed by atoms with E-state index < -0.39 is 12.0 Å². The highest BCUT2D eigenvalue weighted by atomic mass is 35.5. The SMILES string of the molecule is CCCCOc1ccc(C2C(C(=O)OCc3ccccc3)=C(C)N=c3s/c(=C\c4ccc(Cl)c(Cl)c4)c(=O)n32)cc1OC. The lowest BCUT2D eigenvalue weighted by Crippen LogP contribution is -2.39. The molecule has 0 saturated carbocycles. The molecule has 1 aliphatic heterocycles. The molecule has 0 aliphatic carbocycles. The van der Waals surface area contributed by atoms with Crippen molar-refractivity contribution in [3.63, 3.8) is 0 Å². The van der Waals surface area contributed by atoms with Gasteiger partial charge in [0, 0.05) is 0 Å². The number of fused-ring (bicyclic) bond motifs is 1. The number of carbonyl (C=O) groups excluding carboxylic acids is 1. The number of allylic oxidation sites excluding steroid dienone is 1. The molecule has 0 spiro atoms. The van der Waals surface area contributed by atoms with Crippen molar-refractivity contribution in [2.24, 2.45) is 4.99 Å². The van der Waals surface area contributed by atoms with Gasteiger partial charge in [0.15, 0.2) is 16.3 Å². The number of esters is 1. The van der Waals surface area contributed by atoms with Crippen molar-refractivity contribution in [2.45, 2.75) is 39.3 Å². The van der Waals surface area contributed by atoms with E-state index in [9.17, 15) is 9.59 Å². The summed E-state index contributed by atoms with van der Waals surface area (Å²) in [6.45, 7) is 4.47. The van der Waals surface area contributed by atoms with Gasteiger partial charge in [-0.15, -0.1) is 0 Å². The number of halogens is 2. The molecule has 0 bridgehead atoms. The number of methoxy groups -OCH3 is 1. The van der Waals surface area contributed by atoms with Crippen LogP contribution in [0.5, 0.6) is 11.5 Å². The lowest BCUT2D eigenvalue weighted by atomic mass is 9.95. The number of unbranched alkanes of at least 4 members (excludes halogenated alkanes) is 1. The zero-order chi connectivity index (χ0) is 30.5. The number of hydrogen-bond acceptors (Lipinski definition) is 7. The highest BCUT2D eigenvalue weighted by Gasteiger charge is 2.34. The molecule has 222 valence electrons. The lowest BCUT2D eigenvalue weighted by Gasteiger charge is -2.25. The summed E-state index contributed by atoms with van der Waals surface area (Å²) in [7, 11) is 1.56. The van der Waals surface area contributed by atoms with Crippen LogP contribution in [0.2, 0.25) is 10.0 Å². The Morgan fingerprint density at radius 3 is 2.56 bits per heavy atom. The maximum atomic E-state index is 14.0. The van der Waals surface area contributed by atoms with Gasteiger partial charge >= 0.3 is 5.97 Å². The molecule has 0 fully saturated rings. The summed E-state index contributed by atoms with van der Waals surface area (Å²) >= 11 is 13.5. The van der Waals surface area contributed by atoms with Crippen molar-refractivity contribution >= 4 is 46.6 Å². The number of ether oxygens (including phenoxy) is 3. The fourth-order valence-electron chi connectivity index (χ4n) is 4.75. The second-order valence-electron chi connectivity index (χ2n) is 9.93. The van der Waals surface area contributed by atoms with Crippen LogP contribution in [-0.2, 0) is 16.1 Å². The maximum Gasteiger partial charge on any atom is 0.338 e. The highest BCUT2D eigenvalue weighted by molar-refractivity contribution is 7.07. The fourth-order valence-corrected chi connectivity index (χ4v) is 6.11. The summed E-state index contributed by atoms with van der Waals surface area (Å²) < 4.78 is 19.3. The quantitative estimate of drug-likeness (QED) is 0.147. The number of aromatic nitrogens is 1. The molecule has 5 rings (SSSR count). The van der Waals surface area contributed by atoms with Crippen LogP contribution in [0.4, 0.5) is 0 Å². The van der Waals surface area contributed by atoms with Crippen LogP contribution in [0, 0.1) is 0 Å². The first kappa shape index (κ1) is 30.6. The molecule has 43 heavy (non-hydrogen) atoms. The topological polar surface area (TPSA) is 79.1 Å². The average molecular weight is 638 g/mol. The average Bonchev–Trinajstić information content (AvgIpc) is 3.31. The van der Waals surface area contributed by atoms with Gasteiger partial charge in [-0.05, 0) is 60.4 Å². The van der Waals surface area contributed by atoms with E-state index >= 15 is 0 Å². The first-order valence-electron chi connectivity index (χ1n) is 13.8. The van der Waals surface area contributed by atoms with Gasteiger partial charge in [0.1, 0.15) is 6.61 Å². The number of carbonyl (C=O) groups is 1. The number of hydrogen-bond donors (Lipinski definition) is 0. The minimum Gasteiger partial charge on any atom is -0.493 e. The molecule has 1 aliphatic rings. The van der Waals surface area contributed by atoms with Gasteiger partial charge in [0.25, 0.3) is 5.56 Å². The molecule has 10 heteroatoms. The molecular weight excluding hydrogens is 607 g/mol. The Hall–Kier alpha value is -3.85. The molecule has 0 radical (unpaired) electrons. The van der Waals surface area contributed by atoms with Crippen molar-refractivity contribution in [1.82, 2.24) is 4.57 Å². The van der Waals surface area contributed by atoms with E-state index in [-0.39, 0.29) is 17.7 Å². The molecule has 4 aromatic rings. The van der Waals surface area contributed by atoms with E-state index in [0.717, 1.165) is 18.4 Å². The Kier molecular flexibility index (Phi) is 9.70. The predicted octanol–water partition coefficient (Wildman–Crippen LogP) is 6.47. The molecule has 0 amide bonds. The third-order valence-corrected chi connectivity index (χ3v) is 8.68. The molecule has 7 nitrogen and oxygen atoms in total. The van der Waals surface area contributed by atoms with Gasteiger partial charge in [-0.1, -0.05) is 90.3 Å². The van der Waals surface area contributed by atoms with Crippen LogP contribution < -0.4 is 24.4 Å². The van der Waals surface area contributed by atoms with Crippen LogP contribution in [-0.4, -0.2) is 24.3 Å². The Labute approximate surface area is 263 Å². The van der Waals surface area contributed by atoms with Crippen molar-refractivity contribution < 1.29 is 19.0 Å². The number of nitrogens with zero attached hydrogens (tertiary/aromatic N) is 2. The third-order valence-electron chi connectivity index (χ3n) is 6.95. The first-order chi connectivity index (χ1) is 20.8. The summed E-state index contributed by atoms with van der Waals surface area (Å²) in [5, 5.41) is 0.805. The van der Waals surface area contributed by atoms with Crippen LogP contribution in [0.15, 0.2) is 87.8 Å². The summed E-state index contributed by atoms with van der Waals surface area (Å²) in [4.78, 5) is 32.8. The van der Waals surface area contributed by atoms with E-state index in [2.05, 4.69) is 11.9 Å². The Morgan fingerprint density at radius 1 is 1.05 bits per heavy atom. The van der Waals surface area contributed by atoms with Crippen LogP contribution in [0.1, 0.15) is 49.4 Å². The smallest absolute Gasteiger partial charge is 0.338 e. The lowest BCUT2D eigenvalue weighted by molar-refractivity contribution is -0.140. The molecule has 0 N–H and O–H groups in total. The van der Waals surface area contributed by atoms with Crippen LogP contribution >= 0.6 is 34.5 Å². The van der Waals surface area contributed by atoms with E-state index in [0.29, 0.717) is 54.3 Å². The predicted molar refractivity (Wildman–Crippen MR) is 170 cm³/mol. The van der Waals surface area contributed by atoms with Crippen LogP contribution in [0.25, 0.3) is 6.08 Å². The third kappa shape index (κ3) is 6.72. The number of benzene rings is 3. The van der Waals surface area contributed by atoms with E-state index in [1.165, 1.54) is 15.9 Å². The molecule has 1 atom stereocenters. The minimum atomic E-state index is -0.811. The van der Waals surface area contributed by atoms with Crippen molar-refractivity contribution in [1.29, 1.82) is 0 Å². The van der Waals surface area contributed by atoms with Gasteiger partial charge in [-0.2, -0.15) is 0 Å². The van der Waals surface area contributed by atoms with Crippen molar-refractivity contribution in [3.05, 3.63) is 124 Å². The standard InChI is InChI=1S/C33H30Cl2N2O5S/c1-4-5-15-41-26-14-12-23(18-27(26)40-3)30-29(32(39)42-19-21-9-7-6-8-10-21)20(2)36-33-37(30)31(38)28(43-33)17-22-11-13-24(34)25(35)16-22/h6-14,16-18,30H,4-5,15,19H2,1-3H3/b28-17-. The Bertz CT molecular complexity index is 1860. The van der Waals surface area contributed by atoms with Gasteiger partial charge in [0.2, 0.25) is 0 Å². The fraction of sp³-hybridized carbons (Fsp3) is 0.242. The number of rotatable bonds is 10. The molecule has 1 aromatic heterocycles. The van der Waals surface area contributed by atoms with Crippen molar-refractivity contribution in [3.8, 4) is 11.5 Å². The van der Waals surface area contributed by atoms with Crippen LogP contribution in [0.3, 0.4) is 0 Å². The normalized spacial score (nSPS) is 14.7. The summed E-state index contributed by atoms with van der Waals surface area (Å²) in [5.74, 6) is 0.523. The van der Waals surface area contributed by atoms with E-state index in [1.54, 1.807) is 50.4 Å². The van der Waals surface area contributed by atoms with Gasteiger partial charge in [0.05, 0.1) is 45.6 Å². The molecule has 1 unspecified atom stereocenters. The van der Waals surface area contributed by atoms with Gasteiger partial charge in [-0.25, -0.2) is 9.79 Å². The number of thiazole rings is 1. The second kappa shape index (κ2) is 13.6. The van der Waals surface area contributed by atoms with Gasteiger partial charge < -0.3 is 14.2 Å². The maximum absolute atomic E-state index is 14.0. The summed E-state index contributed by atoms with van der Waals surface area (Å²) in [6.07, 6.45) is 3.64. The summed E-state index contributed by atoms with van der Waals surface area (Å²) in [6, 6.07) is 19.2. The van der Waals surface area contributed by atoms with Crippen molar-refractivity contribution in [2.75, 3.05) is 13.7 Å².